The minimum absolute atomic E-state index is 0.251. The highest BCUT2D eigenvalue weighted by Crippen LogP contribution is 2.14. The van der Waals surface area contributed by atoms with Crippen LogP contribution in [0.1, 0.15) is 17.6 Å². The van der Waals surface area contributed by atoms with Gasteiger partial charge in [-0.25, -0.2) is 0 Å². The van der Waals surface area contributed by atoms with Crippen LogP contribution >= 0.6 is 0 Å². The molecule has 0 saturated carbocycles. The Morgan fingerprint density at radius 2 is 2.00 bits per heavy atom. The molecule has 0 radical (unpaired) electrons. The van der Waals surface area contributed by atoms with E-state index >= 15 is 0 Å². The smallest absolute Gasteiger partial charge is 0.177 e. The summed E-state index contributed by atoms with van der Waals surface area (Å²) in [5, 5.41) is 30.1. The number of hydrogen-bond donors (Lipinski definition) is 1. The quantitative estimate of drug-likeness (QED) is 0.721. The number of rotatable bonds is 4. The number of hydrogen-bond acceptors (Lipinski definition) is 6. The van der Waals surface area contributed by atoms with Crippen molar-refractivity contribution in [2.75, 3.05) is 0 Å². The molecule has 8 nitrogen and oxygen atoms in total. The van der Waals surface area contributed by atoms with Crippen molar-refractivity contribution in [3.05, 3.63) is 48.0 Å². The van der Waals surface area contributed by atoms with Gasteiger partial charge in [-0.3, -0.25) is 0 Å². The van der Waals surface area contributed by atoms with Crippen LogP contribution in [0.5, 0.6) is 0 Å². The fraction of sp³-hybridized carbons (Fsp3) is 0.250. The molecule has 20 heavy (non-hydrogen) atoms. The first kappa shape index (κ1) is 12.4. The predicted octanol–water partition coefficient (Wildman–Crippen LogP) is 0.0669. The van der Waals surface area contributed by atoms with Gasteiger partial charge in [-0.05, 0) is 17.3 Å². The zero-order chi connectivity index (χ0) is 13.9. The first-order valence-corrected chi connectivity index (χ1v) is 6.11. The van der Waals surface area contributed by atoms with Gasteiger partial charge in [-0.2, -0.15) is 19.8 Å². The van der Waals surface area contributed by atoms with Crippen molar-refractivity contribution < 1.29 is 5.11 Å². The predicted molar refractivity (Wildman–Crippen MR) is 68.8 cm³/mol. The molecule has 0 fully saturated rings. The number of aliphatic hydroxyl groups is 1. The summed E-state index contributed by atoms with van der Waals surface area (Å²) in [6, 6.07) is 9.50. The van der Waals surface area contributed by atoms with Crippen LogP contribution in [0.2, 0.25) is 0 Å². The molecule has 1 atom stereocenters. The van der Waals surface area contributed by atoms with Crippen LogP contribution in [-0.4, -0.2) is 40.3 Å². The van der Waals surface area contributed by atoms with E-state index in [9.17, 15) is 5.11 Å². The highest BCUT2D eigenvalue weighted by molar-refractivity contribution is 5.28. The largest absolute Gasteiger partial charge is 0.386 e. The molecule has 8 heteroatoms. The molecule has 0 saturated heterocycles. The highest BCUT2D eigenvalue weighted by atomic mass is 16.3. The molecule has 102 valence electrons. The van der Waals surface area contributed by atoms with Gasteiger partial charge in [0.1, 0.15) is 11.8 Å². The number of aliphatic hydroxyl groups excluding tert-OH is 1. The minimum Gasteiger partial charge on any atom is -0.386 e. The van der Waals surface area contributed by atoms with Crippen molar-refractivity contribution in [3.8, 4) is 5.69 Å². The monoisotopic (exact) mass is 271 g/mol. The lowest BCUT2D eigenvalue weighted by Crippen LogP contribution is -2.06. The summed E-state index contributed by atoms with van der Waals surface area (Å²) in [7, 11) is 1.68. The molecule has 0 aliphatic carbocycles. The Morgan fingerprint density at radius 3 is 2.70 bits per heavy atom. The number of para-hydroxylation sites is 1. The van der Waals surface area contributed by atoms with Crippen LogP contribution in [0.4, 0.5) is 0 Å². The molecule has 0 spiro atoms. The maximum Gasteiger partial charge on any atom is 0.177 e. The Morgan fingerprint density at radius 1 is 1.20 bits per heavy atom. The van der Waals surface area contributed by atoms with Gasteiger partial charge in [0.2, 0.25) is 0 Å². The van der Waals surface area contributed by atoms with E-state index in [0.717, 1.165) is 5.69 Å². The third-order valence-corrected chi connectivity index (χ3v) is 2.76. The summed E-state index contributed by atoms with van der Waals surface area (Å²) in [6.07, 6.45) is 0.978. The molecular weight excluding hydrogens is 258 g/mol. The zero-order valence-electron chi connectivity index (χ0n) is 10.8. The van der Waals surface area contributed by atoms with Gasteiger partial charge in [-0.15, -0.1) is 10.2 Å². The highest BCUT2D eigenvalue weighted by Gasteiger charge is 2.16. The van der Waals surface area contributed by atoms with E-state index in [-0.39, 0.29) is 6.42 Å². The van der Waals surface area contributed by atoms with Gasteiger partial charge in [0.05, 0.1) is 18.9 Å². The summed E-state index contributed by atoms with van der Waals surface area (Å²) in [4.78, 5) is 2.82. The molecule has 1 N–H and O–H groups in total. The molecule has 3 aromatic rings. The molecule has 1 unspecified atom stereocenters. The molecule has 0 aliphatic heterocycles. The van der Waals surface area contributed by atoms with Crippen molar-refractivity contribution in [3.63, 3.8) is 0 Å². The zero-order valence-corrected chi connectivity index (χ0v) is 10.8. The maximum atomic E-state index is 10.1. The number of benzene rings is 1. The number of nitrogens with zero attached hydrogens (tertiary/aromatic N) is 7. The lowest BCUT2D eigenvalue weighted by molar-refractivity contribution is 0.170. The van der Waals surface area contributed by atoms with Crippen LogP contribution in [-0.2, 0) is 13.5 Å². The Balaban J connectivity index is 1.76. The second-order valence-corrected chi connectivity index (χ2v) is 4.31. The van der Waals surface area contributed by atoms with E-state index in [4.69, 9.17) is 0 Å². The van der Waals surface area contributed by atoms with E-state index in [0.29, 0.717) is 11.5 Å². The lowest BCUT2D eigenvalue weighted by atomic mass is 10.2. The normalized spacial score (nSPS) is 12.5. The molecular formula is C12H13N7O. The number of tetrazole rings is 1. The van der Waals surface area contributed by atoms with Gasteiger partial charge < -0.3 is 5.11 Å². The van der Waals surface area contributed by atoms with Crippen molar-refractivity contribution in [1.29, 1.82) is 0 Å². The van der Waals surface area contributed by atoms with Crippen LogP contribution < -0.4 is 0 Å². The first-order valence-electron chi connectivity index (χ1n) is 6.11. The molecule has 3 rings (SSSR count). The maximum absolute atomic E-state index is 10.1. The fourth-order valence-corrected chi connectivity index (χ4v) is 1.80. The van der Waals surface area contributed by atoms with E-state index in [1.807, 2.05) is 30.3 Å². The van der Waals surface area contributed by atoms with E-state index in [2.05, 4.69) is 25.6 Å². The van der Waals surface area contributed by atoms with Crippen LogP contribution in [0.15, 0.2) is 36.5 Å². The van der Waals surface area contributed by atoms with Gasteiger partial charge in [0.15, 0.2) is 5.82 Å². The van der Waals surface area contributed by atoms with E-state index < -0.39 is 6.10 Å². The Labute approximate surface area is 114 Å². The minimum atomic E-state index is -0.809. The van der Waals surface area contributed by atoms with E-state index in [1.54, 1.807) is 7.05 Å². The molecule has 2 aromatic heterocycles. The average Bonchev–Trinajstić information content (AvgIpc) is 3.09. The number of aryl methyl sites for hydroxylation is 1. The number of aromatic nitrogens is 7. The van der Waals surface area contributed by atoms with Crippen LogP contribution in [0.3, 0.4) is 0 Å². The standard InChI is InChI=1S/C12H13N7O/c1-18-16-12(14-17-18)7-11(20)10-8-13-19(15-10)9-5-3-2-4-6-9/h2-6,8,11,20H,7H2,1H3. The fourth-order valence-electron chi connectivity index (χ4n) is 1.80. The Kier molecular flexibility index (Phi) is 3.21. The second kappa shape index (κ2) is 5.17. The second-order valence-electron chi connectivity index (χ2n) is 4.31. The van der Waals surface area contributed by atoms with Crippen molar-refractivity contribution in [2.45, 2.75) is 12.5 Å². The molecule has 0 bridgehead atoms. The summed E-state index contributed by atoms with van der Waals surface area (Å²) in [5.74, 6) is 0.467. The van der Waals surface area contributed by atoms with Gasteiger partial charge >= 0.3 is 0 Å². The Hall–Kier alpha value is -2.61. The van der Waals surface area contributed by atoms with Crippen LogP contribution in [0, 0.1) is 0 Å². The Bertz CT molecular complexity index is 691. The third-order valence-electron chi connectivity index (χ3n) is 2.76. The summed E-state index contributed by atoms with van der Waals surface area (Å²) in [5.41, 5.74) is 1.31. The third kappa shape index (κ3) is 2.54. The SMILES string of the molecule is Cn1nnc(CC(O)c2cnn(-c3ccccc3)n2)n1. The van der Waals surface area contributed by atoms with Gasteiger partial charge in [0.25, 0.3) is 0 Å². The average molecular weight is 271 g/mol. The molecule has 0 aliphatic rings. The van der Waals surface area contributed by atoms with Crippen molar-refractivity contribution >= 4 is 0 Å². The summed E-state index contributed by atoms with van der Waals surface area (Å²) < 4.78 is 0. The lowest BCUT2D eigenvalue weighted by Gasteiger charge is -2.03. The molecule has 2 heterocycles. The molecule has 0 amide bonds. The van der Waals surface area contributed by atoms with Gasteiger partial charge in [0, 0.05) is 6.42 Å². The first-order chi connectivity index (χ1) is 9.72. The van der Waals surface area contributed by atoms with Gasteiger partial charge in [-0.1, -0.05) is 18.2 Å². The van der Waals surface area contributed by atoms with Crippen LogP contribution in [0.25, 0.3) is 5.69 Å². The van der Waals surface area contributed by atoms with Crippen molar-refractivity contribution in [2.24, 2.45) is 7.05 Å². The summed E-state index contributed by atoms with van der Waals surface area (Å²) in [6.45, 7) is 0. The van der Waals surface area contributed by atoms with Crippen molar-refractivity contribution in [1.82, 2.24) is 35.2 Å². The van der Waals surface area contributed by atoms with E-state index in [1.165, 1.54) is 15.8 Å². The summed E-state index contributed by atoms with van der Waals surface area (Å²) >= 11 is 0. The molecule has 1 aromatic carbocycles. The topological polar surface area (TPSA) is 94.5 Å².